The topological polar surface area (TPSA) is 97.4 Å². The van der Waals surface area contributed by atoms with E-state index in [0.29, 0.717) is 0 Å². The van der Waals surface area contributed by atoms with Crippen LogP contribution in [0.25, 0.3) is 11.1 Å². The van der Waals surface area contributed by atoms with Crippen molar-refractivity contribution in [1.29, 1.82) is 0 Å². The second-order valence-corrected chi connectivity index (χ2v) is 7.88. The third-order valence-electron chi connectivity index (χ3n) is 5.14. The lowest BCUT2D eigenvalue weighted by atomic mass is 10.00. The third kappa shape index (κ3) is 5.08. The van der Waals surface area contributed by atoms with Gasteiger partial charge in [0.2, 0.25) is 5.91 Å². The van der Waals surface area contributed by atoms with Crippen molar-refractivity contribution in [1.82, 2.24) is 15.6 Å². The molecule has 1 fully saturated rings. The first-order valence-electron chi connectivity index (χ1n) is 9.62. The predicted molar refractivity (Wildman–Crippen MR) is 109 cm³/mol. The number of halogens is 5. The minimum atomic E-state index is -5.13. The monoisotopic (exact) mass is 487 g/mol. The molecule has 1 saturated carbocycles. The smallest absolute Gasteiger partial charge is 0.465 e. The molecule has 176 valence electrons. The number of nitrogens with one attached hydrogen (secondary N) is 2. The summed E-state index contributed by atoms with van der Waals surface area (Å²) in [6, 6.07) is 4.62. The quantitative estimate of drug-likeness (QED) is 0.478. The van der Waals surface area contributed by atoms with Crippen LogP contribution in [-0.2, 0) is 14.3 Å². The summed E-state index contributed by atoms with van der Waals surface area (Å²) >= 11 is 6.08. The molecule has 2 N–H and O–H groups in total. The van der Waals surface area contributed by atoms with Gasteiger partial charge in [-0.2, -0.15) is 13.2 Å². The maximum absolute atomic E-state index is 14.8. The van der Waals surface area contributed by atoms with Crippen molar-refractivity contribution in [3.63, 3.8) is 0 Å². The molecule has 0 saturated heterocycles. The molecule has 1 unspecified atom stereocenters. The van der Waals surface area contributed by atoms with Crippen LogP contribution in [0.4, 0.5) is 17.6 Å². The Labute approximate surface area is 190 Å². The highest BCUT2D eigenvalue weighted by Gasteiger charge is 2.55. The van der Waals surface area contributed by atoms with Gasteiger partial charge in [-0.15, -0.1) is 0 Å². The number of nitrogens with zero attached hydrogens (tertiary/aromatic N) is 1. The number of esters is 1. The largest absolute Gasteiger partial charge is 0.471 e. The Morgan fingerprint density at radius 1 is 1.24 bits per heavy atom. The van der Waals surface area contributed by atoms with Gasteiger partial charge in [-0.25, -0.2) is 9.18 Å². The van der Waals surface area contributed by atoms with Gasteiger partial charge in [0.15, 0.2) is 0 Å². The fourth-order valence-electron chi connectivity index (χ4n) is 3.21. The number of rotatable bonds is 6. The lowest BCUT2D eigenvalue weighted by Gasteiger charge is -2.21. The Morgan fingerprint density at radius 2 is 1.91 bits per heavy atom. The molecule has 1 aliphatic rings. The Kier molecular flexibility index (Phi) is 6.64. The van der Waals surface area contributed by atoms with Crippen molar-refractivity contribution in [2.45, 2.75) is 37.5 Å². The van der Waals surface area contributed by atoms with Crippen LogP contribution in [0, 0.1) is 5.82 Å². The standard InChI is InChI=1S/C21H18ClF4N3O4/c1-10(28-18(31)20(6-7-20)29-19(32)21(24,25)26)16-14(23)8-11(9-27-16)12-4-3-5-13(22)15(12)17(30)33-2/h3-5,8-10H,6-7H2,1-2H3,(H,28,31)(H,29,32). The average Bonchev–Trinajstić information content (AvgIpc) is 3.52. The lowest BCUT2D eigenvalue weighted by Crippen LogP contribution is -2.53. The van der Waals surface area contributed by atoms with Gasteiger partial charge >= 0.3 is 18.1 Å². The van der Waals surface area contributed by atoms with E-state index in [9.17, 15) is 31.9 Å². The van der Waals surface area contributed by atoms with Crippen LogP contribution in [0.1, 0.15) is 41.9 Å². The minimum absolute atomic E-state index is 0.0211. The van der Waals surface area contributed by atoms with Crippen molar-refractivity contribution in [2.75, 3.05) is 7.11 Å². The highest BCUT2D eigenvalue weighted by molar-refractivity contribution is 6.34. The second-order valence-electron chi connectivity index (χ2n) is 7.47. The lowest BCUT2D eigenvalue weighted by molar-refractivity contribution is -0.175. The molecule has 1 aromatic heterocycles. The SMILES string of the molecule is COC(=O)c1c(Cl)cccc1-c1cnc(C(C)NC(=O)C2(NC(=O)C(F)(F)F)CC2)c(F)c1. The number of hydrogen-bond donors (Lipinski definition) is 2. The number of alkyl halides is 3. The molecule has 0 radical (unpaired) electrons. The van der Waals surface area contributed by atoms with Crippen molar-refractivity contribution < 1.29 is 36.7 Å². The molecule has 0 aliphatic heterocycles. The highest BCUT2D eigenvalue weighted by Crippen LogP contribution is 2.37. The normalized spacial score (nSPS) is 15.4. The molecule has 1 heterocycles. The van der Waals surface area contributed by atoms with Gasteiger partial charge in [0.1, 0.15) is 11.4 Å². The summed E-state index contributed by atoms with van der Waals surface area (Å²) in [5.74, 6) is -4.66. The molecule has 12 heteroatoms. The molecular formula is C21H18ClF4N3O4. The average molecular weight is 488 g/mol. The number of ether oxygens (including phenoxy) is 1. The zero-order valence-corrected chi connectivity index (χ0v) is 18.1. The molecule has 3 rings (SSSR count). The van der Waals surface area contributed by atoms with Crippen LogP contribution < -0.4 is 10.6 Å². The van der Waals surface area contributed by atoms with Crippen LogP contribution in [0.5, 0.6) is 0 Å². The maximum atomic E-state index is 14.8. The summed E-state index contributed by atoms with van der Waals surface area (Å²) < 4.78 is 57.1. The Morgan fingerprint density at radius 3 is 2.45 bits per heavy atom. The zero-order chi connectivity index (χ0) is 24.6. The number of carbonyl (C=O) groups is 3. The van der Waals surface area contributed by atoms with Gasteiger partial charge in [-0.3, -0.25) is 14.6 Å². The van der Waals surface area contributed by atoms with Crippen LogP contribution in [-0.4, -0.2) is 41.6 Å². The molecule has 1 aromatic carbocycles. The first-order valence-corrected chi connectivity index (χ1v) is 10.0. The summed E-state index contributed by atoms with van der Waals surface area (Å²) in [4.78, 5) is 39.7. The summed E-state index contributed by atoms with van der Waals surface area (Å²) in [5.41, 5.74) is -1.36. The van der Waals surface area contributed by atoms with E-state index in [1.165, 1.54) is 32.4 Å². The fraction of sp³-hybridized carbons (Fsp3) is 0.333. The first kappa shape index (κ1) is 24.4. The van der Waals surface area contributed by atoms with Gasteiger partial charge in [0.25, 0.3) is 0 Å². The van der Waals surface area contributed by atoms with Crippen LogP contribution in [0.15, 0.2) is 30.5 Å². The molecule has 0 bridgehead atoms. The Balaban J connectivity index is 1.80. The van der Waals surface area contributed by atoms with Crippen LogP contribution in [0.3, 0.4) is 0 Å². The van der Waals surface area contributed by atoms with E-state index in [-0.39, 0.29) is 40.2 Å². The number of amides is 2. The van der Waals surface area contributed by atoms with E-state index in [2.05, 4.69) is 10.3 Å². The molecule has 2 amide bonds. The highest BCUT2D eigenvalue weighted by atomic mass is 35.5. The van der Waals surface area contributed by atoms with E-state index < -0.39 is 41.4 Å². The zero-order valence-electron chi connectivity index (χ0n) is 17.3. The number of pyridine rings is 1. The molecule has 2 aromatic rings. The molecule has 33 heavy (non-hydrogen) atoms. The Bertz CT molecular complexity index is 1120. The molecule has 1 aliphatic carbocycles. The second kappa shape index (κ2) is 8.97. The van der Waals surface area contributed by atoms with Gasteiger partial charge in [-0.05, 0) is 37.5 Å². The number of methoxy groups -OCH3 is 1. The number of carbonyl (C=O) groups excluding carboxylic acids is 3. The molecular weight excluding hydrogens is 470 g/mol. The number of aromatic nitrogens is 1. The maximum Gasteiger partial charge on any atom is 0.471 e. The Hall–Kier alpha value is -3.21. The summed E-state index contributed by atoms with van der Waals surface area (Å²) in [5, 5.41) is 4.17. The number of hydrogen-bond acceptors (Lipinski definition) is 5. The number of benzene rings is 1. The van der Waals surface area contributed by atoms with E-state index in [1.54, 1.807) is 11.4 Å². The van der Waals surface area contributed by atoms with E-state index in [4.69, 9.17) is 16.3 Å². The van der Waals surface area contributed by atoms with Gasteiger partial charge in [0.05, 0.1) is 29.4 Å². The van der Waals surface area contributed by atoms with Crippen molar-refractivity contribution in [3.8, 4) is 11.1 Å². The van der Waals surface area contributed by atoms with E-state index in [1.807, 2.05) is 0 Å². The summed E-state index contributed by atoms with van der Waals surface area (Å²) in [6.07, 6.45) is -3.83. The van der Waals surface area contributed by atoms with E-state index >= 15 is 0 Å². The fourth-order valence-corrected chi connectivity index (χ4v) is 3.47. The minimum Gasteiger partial charge on any atom is -0.465 e. The van der Waals surface area contributed by atoms with E-state index in [0.717, 1.165) is 6.07 Å². The molecule has 7 nitrogen and oxygen atoms in total. The van der Waals surface area contributed by atoms with Crippen LogP contribution >= 0.6 is 11.6 Å². The van der Waals surface area contributed by atoms with Crippen LogP contribution in [0.2, 0.25) is 5.02 Å². The predicted octanol–water partition coefficient (Wildman–Crippen LogP) is 3.72. The van der Waals surface area contributed by atoms with Gasteiger partial charge in [-0.1, -0.05) is 23.7 Å². The molecule has 1 atom stereocenters. The molecule has 0 spiro atoms. The van der Waals surface area contributed by atoms with Crippen molar-refractivity contribution in [3.05, 3.63) is 52.6 Å². The summed E-state index contributed by atoms with van der Waals surface area (Å²) in [6.45, 7) is 1.39. The van der Waals surface area contributed by atoms with Crippen molar-refractivity contribution in [2.24, 2.45) is 0 Å². The first-order chi connectivity index (χ1) is 15.4. The van der Waals surface area contributed by atoms with Gasteiger partial charge < -0.3 is 15.4 Å². The van der Waals surface area contributed by atoms with Crippen molar-refractivity contribution >= 4 is 29.4 Å². The van der Waals surface area contributed by atoms with Gasteiger partial charge in [0, 0.05) is 11.8 Å². The third-order valence-corrected chi connectivity index (χ3v) is 5.45. The summed E-state index contributed by atoms with van der Waals surface area (Å²) in [7, 11) is 1.17.